The number of ether oxygens (including phenoxy) is 4. The van der Waals surface area contributed by atoms with Crippen LogP contribution in [0.15, 0.2) is 12.1 Å². The Kier molecular flexibility index (Phi) is 5.36. The highest BCUT2D eigenvalue weighted by Gasteiger charge is 2.37. The number of piperidine rings is 1. The Bertz CT molecular complexity index is 707. The van der Waals surface area contributed by atoms with E-state index in [1.54, 1.807) is 7.11 Å². The van der Waals surface area contributed by atoms with Gasteiger partial charge in [-0.05, 0) is 63.3 Å². The Morgan fingerprint density at radius 3 is 2.61 bits per heavy atom. The monoisotopic (exact) mass is 389 g/mol. The molecule has 2 fully saturated rings. The lowest BCUT2D eigenvalue weighted by Gasteiger charge is -2.45. The Labute approximate surface area is 169 Å². The van der Waals surface area contributed by atoms with E-state index in [4.69, 9.17) is 18.9 Å². The van der Waals surface area contributed by atoms with Crippen molar-refractivity contribution in [2.75, 3.05) is 40.0 Å². The summed E-state index contributed by atoms with van der Waals surface area (Å²) < 4.78 is 23.5. The second-order valence-electron chi connectivity index (χ2n) is 9.98. The molecular weight excluding hydrogens is 354 g/mol. The van der Waals surface area contributed by atoms with Crippen molar-refractivity contribution in [1.29, 1.82) is 0 Å². The van der Waals surface area contributed by atoms with Gasteiger partial charge in [0.2, 0.25) is 0 Å². The van der Waals surface area contributed by atoms with E-state index >= 15 is 0 Å². The van der Waals surface area contributed by atoms with E-state index in [0.717, 1.165) is 57.1 Å². The fourth-order valence-electron chi connectivity index (χ4n) is 4.67. The molecule has 0 bridgehead atoms. The molecule has 0 amide bonds. The van der Waals surface area contributed by atoms with Crippen molar-refractivity contribution in [2.24, 2.45) is 5.41 Å². The molecule has 0 saturated carbocycles. The second kappa shape index (κ2) is 7.51. The maximum Gasteiger partial charge on any atom is 0.161 e. The number of methoxy groups -OCH3 is 1. The van der Waals surface area contributed by atoms with Gasteiger partial charge in [0.15, 0.2) is 11.5 Å². The lowest BCUT2D eigenvalue weighted by atomic mass is 9.85. The predicted molar refractivity (Wildman–Crippen MR) is 109 cm³/mol. The van der Waals surface area contributed by atoms with Gasteiger partial charge in [-0.15, -0.1) is 0 Å². The summed E-state index contributed by atoms with van der Waals surface area (Å²) in [6.07, 6.45) is 3.62. The maximum atomic E-state index is 6.26. The average Bonchev–Trinajstić information content (AvgIpc) is 2.62. The van der Waals surface area contributed by atoms with E-state index in [-0.39, 0.29) is 11.0 Å². The van der Waals surface area contributed by atoms with Crippen LogP contribution in [0.3, 0.4) is 0 Å². The molecular formula is C23H35NO4. The molecule has 0 aromatic heterocycles. The van der Waals surface area contributed by atoms with Gasteiger partial charge in [-0.2, -0.15) is 0 Å². The minimum atomic E-state index is -0.0806. The third-order valence-corrected chi connectivity index (χ3v) is 6.09. The van der Waals surface area contributed by atoms with Gasteiger partial charge in [-0.3, -0.25) is 4.90 Å². The molecule has 28 heavy (non-hydrogen) atoms. The molecule has 0 spiro atoms. The zero-order valence-corrected chi connectivity index (χ0v) is 18.0. The first kappa shape index (κ1) is 20.0. The van der Waals surface area contributed by atoms with Crippen LogP contribution < -0.4 is 9.47 Å². The highest BCUT2D eigenvalue weighted by atomic mass is 16.5. The van der Waals surface area contributed by atoms with E-state index in [1.807, 2.05) is 0 Å². The summed E-state index contributed by atoms with van der Waals surface area (Å²) in [5.41, 5.74) is 2.86. The number of fused-ring (bicyclic) bond motifs is 3. The molecule has 1 aromatic carbocycles. The van der Waals surface area contributed by atoms with Gasteiger partial charge in [0, 0.05) is 24.5 Å². The normalized spacial score (nSPS) is 26.8. The van der Waals surface area contributed by atoms with Gasteiger partial charge in [-0.25, -0.2) is 0 Å². The first-order chi connectivity index (χ1) is 13.3. The third kappa shape index (κ3) is 4.17. The Hall–Kier alpha value is -1.30. The molecule has 5 heteroatoms. The highest BCUT2D eigenvalue weighted by Crippen LogP contribution is 2.43. The van der Waals surface area contributed by atoms with Crippen molar-refractivity contribution < 1.29 is 18.9 Å². The number of hydrogen-bond acceptors (Lipinski definition) is 5. The van der Waals surface area contributed by atoms with Crippen LogP contribution in [0.1, 0.15) is 57.7 Å². The van der Waals surface area contributed by atoms with Crippen molar-refractivity contribution >= 4 is 0 Å². The minimum absolute atomic E-state index is 0.0806. The second-order valence-corrected chi connectivity index (χ2v) is 9.98. The van der Waals surface area contributed by atoms with Gasteiger partial charge in [0.1, 0.15) is 0 Å². The SMILES string of the molecule is COc1cc2c(cc1OCC1(C)COC1)CCN1CC(OC(C)(C)C)CCC21. The summed E-state index contributed by atoms with van der Waals surface area (Å²) in [6, 6.07) is 4.89. The largest absolute Gasteiger partial charge is 0.493 e. The van der Waals surface area contributed by atoms with Gasteiger partial charge in [0.05, 0.1) is 38.6 Å². The number of hydrogen-bond donors (Lipinski definition) is 0. The van der Waals surface area contributed by atoms with Gasteiger partial charge >= 0.3 is 0 Å². The summed E-state index contributed by atoms with van der Waals surface area (Å²) >= 11 is 0. The molecule has 0 aliphatic carbocycles. The van der Waals surface area contributed by atoms with Crippen LogP contribution in [0.25, 0.3) is 0 Å². The molecule has 2 unspecified atom stereocenters. The number of nitrogens with zero attached hydrogens (tertiary/aromatic N) is 1. The van der Waals surface area contributed by atoms with Crippen LogP contribution in [0, 0.1) is 5.41 Å². The van der Waals surface area contributed by atoms with Crippen molar-refractivity contribution in [3.8, 4) is 11.5 Å². The van der Waals surface area contributed by atoms with Gasteiger partial charge in [0.25, 0.3) is 0 Å². The molecule has 5 nitrogen and oxygen atoms in total. The Morgan fingerprint density at radius 2 is 1.96 bits per heavy atom. The van der Waals surface area contributed by atoms with Gasteiger partial charge < -0.3 is 18.9 Å². The summed E-state index contributed by atoms with van der Waals surface area (Å²) in [6.45, 7) is 13.0. The lowest BCUT2D eigenvalue weighted by molar-refractivity contribution is -0.120. The average molecular weight is 390 g/mol. The predicted octanol–water partition coefficient (Wildman–Crippen LogP) is 3.99. The molecule has 0 radical (unpaired) electrons. The van der Waals surface area contributed by atoms with Crippen molar-refractivity contribution in [1.82, 2.24) is 4.90 Å². The van der Waals surface area contributed by atoms with Crippen LogP contribution in [-0.4, -0.2) is 56.6 Å². The topological polar surface area (TPSA) is 40.2 Å². The summed E-state index contributed by atoms with van der Waals surface area (Å²) in [5, 5.41) is 0. The Balaban J connectivity index is 1.49. The number of benzene rings is 1. The molecule has 3 aliphatic rings. The van der Waals surface area contributed by atoms with Crippen LogP contribution in [0.4, 0.5) is 0 Å². The quantitative estimate of drug-likeness (QED) is 0.762. The smallest absolute Gasteiger partial charge is 0.161 e. The van der Waals surface area contributed by atoms with E-state index in [2.05, 4.69) is 44.7 Å². The van der Waals surface area contributed by atoms with E-state index in [9.17, 15) is 0 Å². The molecule has 2 saturated heterocycles. The van der Waals surface area contributed by atoms with Gasteiger partial charge in [-0.1, -0.05) is 6.92 Å². The zero-order chi connectivity index (χ0) is 19.9. The number of rotatable bonds is 5. The Morgan fingerprint density at radius 1 is 1.18 bits per heavy atom. The van der Waals surface area contributed by atoms with E-state index in [0.29, 0.717) is 18.8 Å². The zero-order valence-electron chi connectivity index (χ0n) is 18.0. The standard InChI is InChI=1S/C23H35NO4/c1-22(2,3)28-17-6-7-19-18-11-20(25-5)21(27-15-23(4)13-26-14-23)10-16(18)8-9-24(19)12-17/h10-11,17,19H,6-9,12-15H2,1-5H3. The summed E-state index contributed by atoms with van der Waals surface area (Å²) in [5.74, 6) is 1.71. The van der Waals surface area contributed by atoms with Crippen LogP contribution in [-0.2, 0) is 15.9 Å². The van der Waals surface area contributed by atoms with Crippen LogP contribution >= 0.6 is 0 Å². The minimum Gasteiger partial charge on any atom is -0.493 e. The molecule has 4 rings (SSSR count). The van der Waals surface area contributed by atoms with Crippen LogP contribution in [0.5, 0.6) is 11.5 Å². The van der Waals surface area contributed by atoms with Crippen molar-refractivity contribution in [3.05, 3.63) is 23.3 Å². The fraction of sp³-hybridized carbons (Fsp3) is 0.739. The third-order valence-electron chi connectivity index (χ3n) is 6.09. The van der Waals surface area contributed by atoms with Crippen molar-refractivity contribution in [3.63, 3.8) is 0 Å². The first-order valence-electron chi connectivity index (χ1n) is 10.6. The molecule has 3 aliphatic heterocycles. The summed E-state index contributed by atoms with van der Waals surface area (Å²) in [4.78, 5) is 2.59. The van der Waals surface area contributed by atoms with Crippen LogP contribution in [0.2, 0.25) is 0 Å². The molecule has 2 atom stereocenters. The maximum absolute atomic E-state index is 6.26. The lowest BCUT2D eigenvalue weighted by Crippen LogP contribution is -2.47. The summed E-state index contributed by atoms with van der Waals surface area (Å²) in [7, 11) is 1.73. The fourth-order valence-corrected chi connectivity index (χ4v) is 4.67. The first-order valence-corrected chi connectivity index (χ1v) is 10.6. The molecule has 3 heterocycles. The highest BCUT2D eigenvalue weighted by molar-refractivity contribution is 5.49. The van der Waals surface area contributed by atoms with Crippen molar-refractivity contribution in [2.45, 2.75) is 64.7 Å². The molecule has 1 aromatic rings. The molecule has 156 valence electrons. The van der Waals surface area contributed by atoms with E-state index in [1.165, 1.54) is 11.1 Å². The molecule has 0 N–H and O–H groups in total. The van der Waals surface area contributed by atoms with E-state index < -0.39 is 0 Å².